The summed E-state index contributed by atoms with van der Waals surface area (Å²) in [6, 6.07) is 23.0. The Hall–Kier alpha value is -2.49. The van der Waals surface area contributed by atoms with Gasteiger partial charge in [0.2, 0.25) is 0 Å². The Morgan fingerprint density at radius 3 is 2.70 bits per heavy atom. The van der Waals surface area contributed by atoms with Gasteiger partial charge in [0.25, 0.3) is 0 Å². The van der Waals surface area contributed by atoms with Gasteiger partial charge in [-0.3, -0.25) is 0 Å². The molecule has 0 atom stereocenters. The number of fused-ring (bicyclic) bond motifs is 1. The van der Waals surface area contributed by atoms with Crippen molar-refractivity contribution in [1.29, 1.82) is 5.26 Å². The van der Waals surface area contributed by atoms with E-state index in [2.05, 4.69) is 11.1 Å². The summed E-state index contributed by atoms with van der Waals surface area (Å²) in [7, 11) is 0. The van der Waals surface area contributed by atoms with Gasteiger partial charge in [-0.1, -0.05) is 47.5 Å². The summed E-state index contributed by atoms with van der Waals surface area (Å²) in [5.41, 5.74) is 2.61. The van der Waals surface area contributed by atoms with Crippen LogP contribution in [0.4, 0.5) is 0 Å². The number of hydrogen-bond acceptors (Lipinski definition) is 5. The maximum Gasteiger partial charge on any atom is 0.156 e. The molecule has 0 saturated heterocycles. The Morgan fingerprint density at radius 2 is 1.90 bits per heavy atom. The van der Waals surface area contributed by atoms with Crippen LogP contribution in [0.15, 0.2) is 76.0 Å². The van der Waals surface area contributed by atoms with Crippen LogP contribution in [0.1, 0.15) is 11.1 Å². The molecule has 148 valence electrons. The van der Waals surface area contributed by atoms with Gasteiger partial charge in [-0.15, -0.1) is 11.3 Å². The Kier molecular flexibility index (Phi) is 6.61. The standard InChI is InChI=1S/C23H14Cl2N2OS2/c24-17-5-3-4-15(10-17)14-28-21-9-8-18(25)11-16(21)12-19(13-26)29-23-27-20-6-1-2-7-22(20)30-23/h1-12H,14H2/b19-12+. The summed E-state index contributed by atoms with van der Waals surface area (Å²) >= 11 is 15.1. The minimum atomic E-state index is 0.357. The molecule has 0 fully saturated rings. The highest BCUT2D eigenvalue weighted by atomic mass is 35.5. The van der Waals surface area contributed by atoms with E-state index < -0.39 is 0 Å². The van der Waals surface area contributed by atoms with Crippen LogP contribution in [-0.2, 0) is 6.61 Å². The summed E-state index contributed by atoms with van der Waals surface area (Å²) in [5, 5.41) is 10.9. The fraction of sp³-hybridized carbons (Fsp3) is 0.0435. The summed E-state index contributed by atoms with van der Waals surface area (Å²) < 4.78 is 7.88. The molecule has 7 heteroatoms. The van der Waals surface area contributed by atoms with E-state index in [1.807, 2.05) is 48.5 Å². The molecule has 0 aliphatic heterocycles. The van der Waals surface area contributed by atoms with E-state index >= 15 is 0 Å². The van der Waals surface area contributed by atoms with Crippen molar-refractivity contribution in [2.24, 2.45) is 0 Å². The lowest BCUT2D eigenvalue weighted by molar-refractivity contribution is 0.305. The normalized spacial score (nSPS) is 11.4. The number of thioether (sulfide) groups is 1. The van der Waals surface area contributed by atoms with E-state index in [9.17, 15) is 5.26 Å². The third-order valence-corrected chi connectivity index (χ3v) is 6.62. The maximum atomic E-state index is 9.67. The quantitative estimate of drug-likeness (QED) is 0.213. The number of hydrogen-bond donors (Lipinski definition) is 0. The van der Waals surface area contributed by atoms with Gasteiger partial charge in [0.15, 0.2) is 4.34 Å². The van der Waals surface area contributed by atoms with Crippen LogP contribution in [0.5, 0.6) is 5.75 Å². The first kappa shape index (κ1) is 20.8. The van der Waals surface area contributed by atoms with E-state index in [4.69, 9.17) is 27.9 Å². The van der Waals surface area contributed by atoms with Crippen molar-refractivity contribution >= 4 is 62.6 Å². The fourth-order valence-corrected chi connectivity index (χ4v) is 5.13. The van der Waals surface area contributed by atoms with Gasteiger partial charge in [0.05, 0.1) is 15.1 Å². The van der Waals surface area contributed by atoms with Gasteiger partial charge in [0, 0.05) is 15.6 Å². The first-order chi connectivity index (χ1) is 14.6. The average molecular weight is 469 g/mol. The average Bonchev–Trinajstić information content (AvgIpc) is 3.15. The van der Waals surface area contributed by atoms with Gasteiger partial charge in [-0.05, 0) is 65.9 Å². The predicted octanol–water partition coefficient (Wildman–Crippen LogP) is 7.84. The number of aromatic nitrogens is 1. The van der Waals surface area contributed by atoms with E-state index in [0.29, 0.717) is 27.3 Å². The second kappa shape index (κ2) is 9.55. The molecule has 1 aromatic heterocycles. The smallest absolute Gasteiger partial charge is 0.156 e. The van der Waals surface area contributed by atoms with Gasteiger partial charge >= 0.3 is 0 Å². The number of allylic oxidation sites excluding steroid dienone is 1. The van der Waals surface area contributed by atoms with Crippen molar-refractivity contribution in [3.05, 3.63) is 92.8 Å². The fourth-order valence-electron chi connectivity index (χ4n) is 2.77. The largest absolute Gasteiger partial charge is 0.488 e. The van der Waals surface area contributed by atoms with Crippen LogP contribution in [0.25, 0.3) is 16.3 Å². The zero-order valence-electron chi connectivity index (χ0n) is 15.5. The first-order valence-corrected chi connectivity index (χ1v) is 11.3. The second-order valence-corrected chi connectivity index (χ2v) is 9.46. The van der Waals surface area contributed by atoms with Crippen molar-refractivity contribution in [2.45, 2.75) is 10.9 Å². The van der Waals surface area contributed by atoms with Gasteiger partial charge in [0.1, 0.15) is 18.4 Å². The highest BCUT2D eigenvalue weighted by Crippen LogP contribution is 2.36. The summed E-state index contributed by atoms with van der Waals surface area (Å²) in [6.07, 6.45) is 1.77. The molecule has 0 aliphatic rings. The molecule has 0 radical (unpaired) electrons. The molecular weight excluding hydrogens is 455 g/mol. The zero-order chi connectivity index (χ0) is 20.9. The third-order valence-electron chi connectivity index (χ3n) is 4.12. The highest BCUT2D eigenvalue weighted by molar-refractivity contribution is 8.05. The number of para-hydroxylation sites is 1. The minimum absolute atomic E-state index is 0.357. The monoisotopic (exact) mass is 468 g/mol. The van der Waals surface area contributed by atoms with Gasteiger partial charge in [-0.25, -0.2) is 4.98 Å². The van der Waals surface area contributed by atoms with Crippen LogP contribution in [0, 0.1) is 11.3 Å². The van der Waals surface area contributed by atoms with Crippen molar-refractivity contribution in [2.75, 3.05) is 0 Å². The Bertz CT molecular complexity index is 1240. The topological polar surface area (TPSA) is 45.9 Å². The molecule has 0 amide bonds. The molecule has 30 heavy (non-hydrogen) atoms. The number of halogens is 2. The molecule has 4 aromatic rings. The van der Waals surface area contributed by atoms with E-state index in [1.165, 1.54) is 11.8 Å². The van der Waals surface area contributed by atoms with Gasteiger partial charge < -0.3 is 4.74 Å². The predicted molar refractivity (Wildman–Crippen MR) is 126 cm³/mol. The Balaban J connectivity index is 1.58. The lowest BCUT2D eigenvalue weighted by Gasteiger charge is -2.10. The van der Waals surface area contributed by atoms with Crippen molar-refractivity contribution in [1.82, 2.24) is 4.98 Å². The first-order valence-electron chi connectivity index (χ1n) is 8.93. The van der Waals surface area contributed by atoms with Crippen LogP contribution in [0.3, 0.4) is 0 Å². The summed E-state index contributed by atoms with van der Waals surface area (Å²) in [4.78, 5) is 5.09. The number of benzene rings is 3. The number of rotatable bonds is 6. The Labute approximate surface area is 192 Å². The van der Waals surface area contributed by atoms with Crippen molar-refractivity contribution in [3.63, 3.8) is 0 Å². The van der Waals surface area contributed by atoms with E-state index in [-0.39, 0.29) is 0 Å². The minimum Gasteiger partial charge on any atom is -0.488 e. The molecule has 3 nitrogen and oxygen atoms in total. The number of ether oxygens (including phenoxy) is 1. The molecule has 3 aromatic carbocycles. The number of nitrogens with zero attached hydrogens (tertiary/aromatic N) is 2. The molecule has 0 bridgehead atoms. The van der Waals surface area contributed by atoms with E-state index in [1.54, 1.807) is 35.6 Å². The van der Waals surface area contributed by atoms with Crippen LogP contribution in [-0.4, -0.2) is 4.98 Å². The summed E-state index contributed by atoms with van der Waals surface area (Å²) in [6.45, 7) is 0.357. The second-order valence-electron chi connectivity index (χ2n) is 6.27. The van der Waals surface area contributed by atoms with E-state index in [0.717, 1.165) is 25.7 Å². The number of nitriles is 1. The summed E-state index contributed by atoms with van der Waals surface area (Å²) in [5.74, 6) is 0.636. The molecule has 4 rings (SSSR count). The van der Waals surface area contributed by atoms with Gasteiger partial charge in [-0.2, -0.15) is 5.26 Å². The SMILES string of the molecule is N#C/C(=C\c1cc(Cl)ccc1OCc1cccc(Cl)c1)Sc1nc2ccccc2s1. The molecule has 0 aliphatic carbocycles. The zero-order valence-corrected chi connectivity index (χ0v) is 18.7. The molecule has 0 unspecified atom stereocenters. The molecule has 0 N–H and O–H groups in total. The van der Waals surface area contributed by atoms with Crippen LogP contribution >= 0.6 is 46.3 Å². The Morgan fingerprint density at radius 1 is 1.07 bits per heavy atom. The number of thiazole rings is 1. The van der Waals surface area contributed by atoms with Crippen molar-refractivity contribution in [3.8, 4) is 11.8 Å². The molecule has 0 spiro atoms. The molecular formula is C23H14Cl2N2OS2. The third kappa shape index (κ3) is 5.16. The van der Waals surface area contributed by atoms with Crippen LogP contribution < -0.4 is 4.74 Å². The lowest BCUT2D eigenvalue weighted by atomic mass is 10.2. The van der Waals surface area contributed by atoms with Crippen molar-refractivity contribution < 1.29 is 4.74 Å². The lowest BCUT2D eigenvalue weighted by Crippen LogP contribution is -1.97. The van der Waals surface area contributed by atoms with Crippen LogP contribution in [0.2, 0.25) is 10.0 Å². The molecule has 1 heterocycles. The maximum absolute atomic E-state index is 9.67. The molecule has 0 saturated carbocycles. The highest BCUT2D eigenvalue weighted by Gasteiger charge is 2.10.